The Kier molecular flexibility index (Phi) is 8.90. The molecule has 0 aliphatic carbocycles. The zero-order chi connectivity index (χ0) is 19.2. The highest BCUT2D eigenvalue weighted by molar-refractivity contribution is 6.33. The van der Waals surface area contributed by atoms with Crippen LogP contribution in [0.25, 0.3) is 0 Å². The van der Waals surface area contributed by atoms with E-state index in [-0.39, 0.29) is 18.4 Å². The maximum absolute atomic E-state index is 13.0. The molecule has 1 saturated heterocycles. The van der Waals surface area contributed by atoms with Gasteiger partial charge in [-0.25, -0.2) is 4.79 Å². The van der Waals surface area contributed by atoms with Gasteiger partial charge in [-0.1, -0.05) is 47.5 Å². The molecule has 4 nitrogen and oxygen atoms in total. The van der Waals surface area contributed by atoms with E-state index in [4.69, 9.17) is 23.2 Å². The molecule has 1 N–H and O–H groups in total. The predicted molar refractivity (Wildman–Crippen MR) is 120 cm³/mol. The SMILES string of the molecule is Cc1cccc(Cl)c1NC(=O)N(CCN1CCCC1)Cc1ccc(Cl)cc1.Cl. The number of aryl methyl sites for hydroxylation is 1. The van der Waals surface area contributed by atoms with Crippen LogP contribution < -0.4 is 5.32 Å². The predicted octanol–water partition coefficient (Wildman–Crippen LogP) is 5.85. The maximum Gasteiger partial charge on any atom is 0.322 e. The van der Waals surface area contributed by atoms with Crippen LogP contribution in [0.4, 0.5) is 10.5 Å². The third kappa shape index (κ3) is 6.28. The Hall–Kier alpha value is -1.46. The lowest BCUT2D eigenvalue weighted by atomic mass is 10.2. The van der Waals surface area contributed by atoms with Crippen LogP contribution >= 0.6 is 35.6 Å². The number of halogens is 3. The molecule has 2 aromatic rings. The lowest BCUT2D eigenvalue weighted by molar-refractivity contribution is 0.198. The number of urea groups is 1. The van der Waals surface area contributed by atoms with Crippen molar-refractivity contribution in [1.82, 2.24) is 9.80 Å². The minimum atomic E-state index is -0.139. The summed E-state index contributed by atoms with van der Waals surface area (Å²) in [6, 6.07) is 13.1. The molecule has 1 aliphatic rings. The molecule has 0 atom stereocenters. The number of amides is 2. The molecular weight excluding hydrogens is 417 g/mol. The highest BCUT2D eigenvalue weighted by Crippen LogP contribution is 2.26. The first-order valence-electron chi connectivity index (χ1n) is 9.31. The van der Waals surface area contributed by atoms with Crippen molar-refractivity contribution in [3.63, 3.8) is 0 Å². The molecule has 0 unspecified atom stereocenters. The summed E-state index contributed by atoms with van der Waals surface area (Å²) in [5.41, 5.74) is 2.67. The van der Waals surface area contributed by atoms with Gasteiger partial charge in [0.1, 0.15) is 0 Å². The van der Waals surface area contributed by atoms with E-state index in [2.05, 4.69) is 10.2 Å². The first-order valence-corrected chi connectivity index (χ1v) is 10.1. The molecule has 152 valence electrons. The second kappa shape index (κ2) is 10.9. The number of benzene rings is 2. The van der Waals surface area contributed by atoms with Crippen molar-refractivity contribution in [2.45, 2.75) is 26.3 Å². The van der Waals surface area contributed by atoms with E-state index in [0.717, 1.165) is 30.8 Å². The van der Waals surface area contributed by atoms with Gasteiger partial charge >= 0.3 is 6.03 Å². The van der Waals surface area contributed by atoms with Gasteiger partial charge in [0, 0.05) is 24.7 Å². The molecule has 0 bridgehead atoms. The third-order valence-electron chi connectivity index (χ3n) is 4.91. The van der Waals surface area contributed by atoms with E-state index in [1.165, 1.54) is 12.8 Å². The Balaban J connectivity index is 0.00000280. The average molecular weight is 443 g/mol. The van der Waals surface area contributed by atoms with Gasteiger partial charge in [-0.2, -0.15) is 0 Å². The Morgan fingerprint density at radius 2 is 1.79 bits per heavy atom. The fraction of sp³-hybridized carbons (Fsp3) is 0.381. The summed E-state index contributed by atoms with van der Waals surface area (Å²) in [6.07, 6.45) is 2.48. The first kappa shape index (κ1) is 22.8. The molecule has 2 amide bonds. The molecule has 2 aromatic carbocycles. The van der Waals surface area contributed by atoms with Crippen molar-refractivity contribution < 1.29 is 4.79 Å². The van der Waals surface area contributed by atoms with Crippen LogP contribution in [-0.4, -0.2) is 42.0 Å². The highest BCUT2D eigenvalue weighted by Gasteiger charge is 2.19. The summed E-state index contributed by atoms with van der Waals surface area (Å²) in [5.74, 6) is 0. The van der Waals surface area contributed by atoms with Gasteiger partial charge in [0.25, 0.3) is 0 Å². The summed E-state index contributed by atoms with van der Waals surface area (Å²) in [4.78, 5) is 17.2. The molecule has 0 aromatic heterocycles. The Bertz CT molecular complexity index is 757. The molecule has 0 radical (unpaired) electrons. The fourth-order valence-corrected chi connectivity index (χ4v) is 3.70. The van der Waals surface area contributed by atoms with Gasteiger partial charge < -0.3 is 15.1 Å². The normalized spacial score (nSPS) is 13.8. The summed E-state index contributed by atoms with van der Waals surface area (Å²) >= 11 is 12.3. The number of anilines is 1. The van der Waals surface area contributed by atoms with Gasteiger partial charge in [0.15, 0.2) is 0 Å². The molecule has 3 rings (SSSR count). The number of nitrogens with one attached hydrogen (secondary N) is 1. The van der Waals surface area contributed by atoms with Crippen LogP contribution in [0.2, 0.25) is 10.0 Å². The van der Waals surface area contributed by atoms with Gasteiger partial charge in [0.05, 0.1) is 10.7 Å². The Labute approximate surface area is 183 Å². The molecule has 28 heavy (non-hydrogen) atoms. The molecule has 1 aliphatic heterocycles. The number of nitrogens with zero attached hydrogens (tertiary/aromatic N) is 2. The van der Waals surface area contributed by atoms with Crippen LogP contribution in [0.3, 0.4) is 0 Å². The van der Waals surface area contributed by atoms with E-state index in [1.807, 2.05) is 48.2 Å². The number of hydrogen-bond donors (Lipinski definition) is 1. The van der Waals surface area contributed by atoms with Gasteiger partial charge in [0.2, 0.25) is 0 Å². The third-order valence-corrected chi connectivity index (χ3v) is 5.48. The van der Waals surface area contributed by atoms with E-state index >= 15 is 0 Å². The number of carbonyl (C=O) groups is 1. The average Bonchev–Trinajstić information content (AvgIpc) is 3.17. The van der Waals surface area contributed by atoms with Crippen molar-refractivity contribution in [1.29, 1.82) is 0 Å². The Morgan fingerprint density at radius 3 is 2.43 bits per heavy atom. The second-order valence-corrected chi connectivity index (χ2v) is 7.80. The maximum atomic E-state index is 13.0. The minimum absolute atomic E-state index is 0. The number of hydrogen-bond acceptors (Lipinski definition) is 2. The van der Waals surface area contributed by atoms with Crippen molar-refractivity contribution in [2.24, 2.45) is 0 Å². The van der Waals surface area contributed by atoms with E-state index < -0.39 is 0 Å². The lowest BCUT2D eigenvalue weighted by Crippen LogP contribution is -2.40. The number of para-hydroxylation sites is 1. The largest absolute Gasteiger partial charge is 0.322 e. The fourth-order valence-electron chi connectivity index (χ4n) is 3.31. The standard InChI is InChI=1S/C21H25Cl2N3O.ClH/c1-16-5-4-6-19(23)20(16)24-21(27)26(14-13-25-11-2-3-12-25)15-17-7-9-18(22)10-8-17;/h4-10H,2-3,11-15H2,1H3,(H,24,27);1H. The smallest absolute Gasteiger partial charge is 0.319 e. The Morgan fingerprint density at radius 1 is 1.11 bits per heavy atom. The van der Waals surface area contributed by atoms with Crippen LogP contribution in [0.1, 0.15) is 24.0 Å². The van der Waals surface area contributed by atoms with Crippen LogP contribution in [0.5, 0.6) is 0 Å². The summed E-state index contributed by atoms with van der Waals surface area (Å²) in [6.45, 7) is 6.23. The van der Waals surface area contributed by atoms with Gasteiger partial charge in [-0.15, -0.1) is 12.4 Å². The van der Waals surface area contributed by atoms with E-state index in [1.54, 1.807) is 6.07 Å². The lowest BCUT2D eigenvalue weighted by Gasteiger charge is -2.26. The minimum Gasteiger partial charge on any atom is -0.319 e. The molecule has 7 heteroatoms. The quantitative estimate of drug-likeness (QED) is 0.608. The number of likely N-dealkylation sites (tertiary alicyclic amines) is 1. The van der Waals surface area contributed by atoms with E-state index in [0.29, 0.717) is 28.8 Å². The first-order chi connectivity index (χ1) is 13.0. The second-order valence-electron chi connectivity index (χ2n) is 6.96. The van der Waals surface area contributed by atoms with E-state index in [9.17, 15) is 4.79 Å². The zero-order valence-electron chi connectivity index (χ0n) is 16.0. The van der Waals surface area contributed by atoms with Crippen molar-refractivity contribution >= 4 is 47.3 Å². The molecular formula is C21H26Cl3N3O. The highest BCUT2D eigenvalue weighted by atomic mass is 35.5. The van der Waals surface area contributed by atoms with Crippen molar-refractivity contribution in [3.8, 4) is 0 Å². The monoisotopic (exact) mass is 441 g/mol. The van der Waals surface area contributed by atoms with Crippen LogP contribution in [0, 0.1) is 6.92 Å². The molecule has 0 spiro atoms. The summed E-state index contributed by atoms with van der Waals surface area (Å²) in [7, 11) is 0. The van der Waals surface area contributed by atoms with Crippen molar-refractivity contribution in [3.05, 3.63) is 63.6 Å². The molecule has 1 heterocycles. The van der Waals surface area contributed by atoms with Crippen molar-refractivity contribution in [2.75, 3.05) is 31.5 Å². The molecule has 1 fully saturated rings. The summed E-state index contributed by atoms with van der Waals surface area (Å²) in [5, 5.41) is 4.24. The number of carbonyl (C=O) groups excluding carboxylic acids is 1. The summed E-state index contributed by atoms with van der Waals surface area (Å²) < 4.78 is 0. The van der Waals surface area contributed by atoms with Gasteiger partial charge in [-0.05, 0) is 62.2 Å². The zero-order valence-corrected chi connectivity index (χ0v) is 18.3. The van der Waals surface area contributed by atoms with Crippen LogP contribution in [-0.2, 0) is 6.54 Å². The number of rotatable bonds is 6. The molecule has 0 saturated carbocycles. The topological polar surface area (TPSA) is 35.6 Å². The van der Waals surface area contributed by atoms with Crippen LogP contribution in [0.15, 0.2) is 42.5 Å². The van der Waals surface area contributed by atoms with Gasteiger partial charge in [-0.3, -0.25) is 0 Å².